The van der Waals surface area contributed by atoms with Crippen molar-refractivity contribution in [3.8, 4) is 0 Å². The number of rotatable bonds is 9. The highest BCUT2D eigenvalue weighted by molar-refractivity contribution is 5.95. The normalized spacial score (nSPS) is 11.9. The molecular formula is C25H29FN6O5. The van der Waals surface area contributed by atoms with Gasteiger partial charge in [-0.25, -0.2) is 14.2 Å². The monoisotopic (exact) mass is 512 g/mol. The number of hydrogen-bond donors (Lipinski definition) is 2. The Balaban J connectivity index is 1.74. The molecule has 2 aromatic heterocycles. The maximum atomic E-state index is 13.5. The number of aromatic nitrogens is 3. The highest BCUT2D eigenvalue weighted by Crippen LogP contribution is 2.17. The first kappa shape index (κ1) is 27.1. The number of likely N-dealkylation sites (N-methyl/N-ethyl adjacent to an activating group) is 1. The van der Waals surface area contributed by atoms with Crippen LogP contribution in [0.1, 0.15) is 18.5 Å². The first-order valence-corrected chi connectivity index (χ1v) is 11.4. The summed E-state index contributed by atoms with van der Waals surface area (Å²) < 4.78 is 20.1. The number of halogens is 1. The number of nitrogens with zero attached hydrogens (tertiary/aromatic N) is 4. The van der Waals surface area contributed by atoms with Crippen molar-refractivity contribution in [1.29, 1.82) is 0 Å². The largest absolute Gasteiger partial charge is 0.436 e. The molecule has 12 heteroatoms. The average molecular weight is 513 g/mol. The molecule has 1 atom stereocenters. The predicted molar refractivity (Wildman–Crippen MR) is 136 cm³/mol. The highest BCUT2D eigenvalue weighted by atomic mass is 19.1. The number of fused-ring (bicyclic) bond motifs is 1. The fourth-order valence-corrected chi connectivity index (χ4v) is 3.35. The molecule has 3 rings (SSSR count). The second-order valence-electron chi connectivity index (χ2n) is 8.73. The lowest BCUT2D eigenvalue weighted by Gasteiger charge is -2.19. The van der Waals surface area contributed by atoms with Gasteiger partial charge in [0.15, 0.2) is 6.10 Å². The number of aromatic amines is 1. The molecule has 196 valence electrons. The number of carbonyl (C=O) groups is 3. The summed E-state index contributed by atoms with van der Waals surface area (Å²) in [7, 11) is 6.18. The second-order valence-corrected chi connectivity index (χ2v) is 8.73. The van der Waals surface area contributed by atoms with E-state index in [4.69, 9.17) is 4.74 Å². The molecule has 0 saturated heterocycles. The Morgan fingerprint density at radius 3 is 2.65 bits per heavy atom. The molecule has 2 N–H and O–H groups in total. The fourth-order valence-electron chi connectivity index (χ4n) is 3.35. The molecule has 0 aliphatic heterocycles. The van der Waals surface area contributed by atoms with E-state index in [2.05, 4.69) is 15.3 Å². The number of H-pyrrole nitrogens is 1. The Morgan fingerprint density at radius 1 is 1.19 bits per heavy atom. The molecule has 0 aliphatic carbocycles. The first-order chi connectivity index (χ1) is 17.5. The van der Waals surface area contributed by atoms with E-state index in [-0.39, 0.29) is 36.8 Å². The third-order valence-corrected chi connectivity index (χ3v) is 5.34. The number of benzene rings is 1. The number of ether oxygens (including phenoxy) is 1. The minimum Gasteiger partial charge on any atom is -0.436 e. The standard InChI is InChI=1S/C25H29FN6O5/c1-30(2)22(33)8-6-5-7-21(37-25(36)31(3)4)23(34)29-20-13-27-15-32(24(20)35)14-18-12-16-11-17(26)9-10-19(16)28-18/h6,8-13,15,21,28H,5,7,14H2,1-4H3,(H,29,34)/b8-6+/t21-/m0/s1. The van der Waals surface area contributed by atoms with E-state index in [1.54, 1.807) is 32.3 Å². The SMILES string of the molecule is CN(C)C(=O)/C=C/CC[C@H](OC(=O)N(C)C)C(=O)Nc1cncn(Cc2cc3cc(F)ccc3[nH]2)c1=O. The molecule has 1 aromatic carbocycles. The Labute approximate surface area is 212 Å². The molecule has 11 nitrogen and oxygen atoms in total. The zero-order valence-electron chi connectivity index (χ0n) is 21.0. The van der Waals surface area contributed by atoms with Crippen molar-refractivity contribution < 1.29 is 23.5 Å². The molecular weight excluding hydrogens is 483 g/mol. The van der Waals surface area contributed by atoms with E-state index in [0.29, 0.717) is 16.6 Å². The third kappa shape index (κ3) is 7.26. The highest BCUT2D eigenvalue weighted by Gasteiger charge is 2.24. The molecule has 0 spiro atoms. The van der Waals surface area contributed by atoms with Crippen LogP contribution in [0.3, 0.4) is 0 Å². The summed E-state index contributed by atoms with van der Waals surface area (Å²) in [4.78, 5) is 59.5. The van der Waals surface area contributed by atoms with Gasteiger partial charge in [0.2, 0.25) is 5.91 Å². The summed E-state index contributed by atoms with van der Waals surface area (Å²) in [6, 6.07) is 6.05. The van der Waals surface area contributed by atoms with Crippen molar-refractivity contribution in [1.82, 2.24) is 24.3 Å². The molecule has 0 bridgehead atoms. The van der Waals surface area contributed by atoms with Gasteiger partial charge in [-0.1, -0.05) is 6.08 Å². The van der Waals surface area contributed by atoms with Gasteiger partial charge in [-0.3, -0.25) is 19.0 Å². The van der Waals surface area contributed by atoms with Crippen molar-refractivity contribution in [3.05, 3.63) is 70.8 Å². The zero-order chi connectivity index (χ0) is 27.1. The lowest BCUT2D eigenvalue weighted by atomic mass is 10.1. The van der Waals surface area contributed by atoms with Crippen LogP contribution in [0.4, 0.5) is 14.9 Å². The van der Waals surface area contributed by atoms with Crippen LogP contribution in [-0.4, -0.2) is 76.5 Å². The van der Waals surface area contributed by atoms with E-state index in [1.165, 1.54) is 59.2 Å². The second kappa shape index (κ2) is 12.0. The Hall–Kier alpha value is -4.48. The minimum absolute atomic E-state index is 0.0860. The van der Waals surface area contributed by atoms with Gasteiger partial charge in [-0.15, -0.1) is 0 Å². The molecule has 3 amide bonds. The lowest BCUT2D eigenvalue weighted by molar-refractivity contribution is -0.125. The van der Waals surface area contributed by atoms with Gasteiger partial charge in [0, 0.05) is 44.8 Å². The summed E-state index contributed by atoms with van der Waals surface area (Å²) in [5.41, 5.74) is 0.736. The maximum absolute atomic E-state index is 13.5. The molecule has 0 unspecified atom stereocenters. The topological polar surface area (TPSA) is 130 Å². The summed E-state index contributed by atoms with van der Waals surface area (Å²) >= 11 is 0. The van der Waals surface area contributed by atoms with Crippen LogP contribution < -0.4 is 10.9 Å². The number of nitrogens with one attached hydrogen (secondary N) is 2. The zero-order valence-corrected chi connectivity index (χ0v) is 21.0. The van der Waals surface area contributed by atoms with E-state index >= 15 is 0 Å². The fraction of sp³-hybridized carbons (Fsp3) is 0.320. The van der Waals surface area contributed by atoms with E-state index < -0.39 is 23.7 Å². The van der Waals surface area contributed by atoms with Crippen LogP contribution >= 0.6 is 0 Å². The predicted octanol–water partition coefficient (Wildman–Crippen LogP) is 2.34. The van der Waals surface area contributed by atoms with Crippen molar-refractivity contribution in [2.45, 2.75) is 25.5 Å². The van der Waals surface area contributed by atoms with Gasteiger partial charge in [-0.05, 0) is 43.2 Å². The molecule has 0 aliphatic rings. The van der Waals surface area contributed by atoms with Gasteiger partial charge < -0.3 is 24.8 Å². The van der Waals surface area contributed by atoms with E-state index in [1.807, 2.05) is 0 Å². The summed E-state index contributed by atoms with van der Waals surface area (Å²) in [6.07, 6.45) is 3.88. The lowest BCUT2D eigenvalue weighted by Crippen LogP contribution is -2.37. The smallest absolute Gasteiger partial charge is 0.410 e. The van der Waals surface area contributed by atoms with Gasteiger partial charge >= 0.3 is 6.09 Å². The number of anilines is 1. The van der Waals surface area contributed by atoms with Gasteiger partial charge in [0.05, 0.1) is 19.1 Å². The van der Waals surface area contributed by atoms with Crippen LogP contribution in [-0.2, 0) is 20.9 Å². The minimum atomic E-state index is -1.22. The van der Waals surface area contributed by atoms with E-state index in [9.17, 15) is 23.6 Å². The number of amides is 3. The van der Waals surface area contributed by atoms with Crippen molar-refractivity contribution in [2.24, 2.45) is 0 Å². The number of carbonyl (C=O) groups excluding carboxylic acids is 3. The molecule has 2 heterocycles. The molecule has 0 radical (unpaired) electrons. The molecule has 3 aromatic rings. The van der Waals surface area contributed by atoms with E-state index in [0.717, 1.165) is 0 Å². The van der Waals surface area contributed by atoms with Gasteiger partial charge in [-0.2, -0.15) is 0 Å². The summed E-state index contributed by atoms with van der Waals surface area (Å²) in [6.45, 7) is 0.107. The summed E-state index contributed by atoms with van der Waals surface area (Å²) in [5.74, 6) is -1.30. The van der Waals surface area contributed by atoms with Crippen LogP contribution in [0.25, 0.3) is 10.9 Å². The van der Waals surface area contributed by atoms with Gasteiger partial charge in [0.25, 0.3) is 11.5 Å². The molecule has 0 fully saturated rings. The Bertz CT molecular complexity index is 1380. The first-order valence-electron chi connectivity index (χ1n) is 11.4. The van der Waals surface area contributed by atoms with Crippen molar-refractivity contribution in [2.75, 3.05) is 33.5 Å². The Kier molecular flexibility index (Phi) is 8.77. The average Bonchev–Trinajstić information content (AvgIpc) is 3.24. The number of hydrogen-bond acceptors (Lipinski definition) is 6. The van der Waals surface area contributed by atoms with Crippen LogP contribution in [0.15, 0.2) is 53.7 Å². The van der Waals surface area contributed by atoms with Gasteiger partial charge in [0.1, 0.15) is 11.5 Å². The van der Waals surface area contributed by atoms with Crippen LogP contribution in [0.5, 0.6) is 0 Å². The van der Waals surface area contributed by atoms with Crippen molar-refractivity contribution in [3.63, 3.8) is 0 Å². The Morgan fingerprint density at radius 2 is 1.95 bits per heavy atom. The van der Waals surface area contributed by atoms with Crippen molar-refractivity contribution >= 4 is 34.5 Å². The van der Waals surface area contributed by atoms with Crippen LogP contribution in [0, 0.1) is 5.82 Å². The maximum Gasteiger partial charge on any atom is 0.410 e. The number of allylic oxidation sites excluding steroid dienone is 1. The molecule has 0 saturated carbocycles. The third-order valence-electron chi connectivity index (χ3n) is 5.34. The van der Waals surface area contributed by atoms with Crippen LogP contribution in [0.2, 0.25) is 0 Å². The quantitative estimate of drug-likeness (QED) is 0.424. The summed E-state index contributed by atoms with van der Waals surface area (Å²) in [5, 5.41) is 3.15. The molecule has 37 heavy (non-hydrogen) atoms.